The lowest BCUT2D eigenvalue weighted by molar-refractivity contribution is -0.126. The summed E-state index contributed by atoms with van der Waals surface area (Å²) in [5, 5.41) is 2.87. The monoisotopic (exact) mass is 445 g/mol. The van der Waals surface area contributed by atoms with Crippen molar-refractivity contribution in [2.24, 2.45) is 5.92 Å². The maximum absolute atomic E-state index is 12.6. The number of amides is 2. The van der Waals surface area contributed by atoms with Crippen molar-refractivity contribution in [3.8, 4) is 5.75 Å². The Hall–Kier alpha value is -2.91. The van der Waals surface area contributed by atoms with Gasteiger partial charge in [-0.1, -0.05) is 24.3 Å². The molecule has 1 aliphatic rings. The van der Waals surface area contributed by atoms with E-state index in [1.807, 2.05) is 31.2 Å². The van der Waals surface area contributed by atoms with Crippen molar-refractivity contribution in [1.29, 1.82) is 0 Å². The molecule has 0 spiro atoms. The summed E-state index contributed by atoms with van der Waals surface area (Å²) >= 11 is 0. The fourth-order valence-corrected chi connectivity index (χ4v) is 4.18. The van der Waals surface area contributed by atoms with E-state index < -0.39 is 15.9 Å². The molecule has 0 saturated carbocycles. The molecule has 1 atom stereocenters. The third-order valence-corrected chi connectivity index (χ3v) is 6.45. The van der Waals surface area contributed by atoms with Gasteiger partial charge in [-0.3, -0.25) is 9.59 Å². The first-order valence-electron chi connectivity index (χ1n) is 10.1. The van der Waals surface area contributed by atoms with Crippen LogP contribution < -0.4 is 19.7 Å². The van der Waals surface area contributed by atoms with E-state index in [0.717, 1.165) is 17.0 Å². The Bertz CT molecular complexity index is 1020. The van der Waals surface area contributed by atoms with Crippen molar-refractivity contribution < 1.29 is 22.7 Å². The smallest absolute Gasteiger partial charge is 0.227 e. The van der Waals surface area contributed by atoms with Gasteiger partial charge in [0.05, 0.1) is 18.3 Å². The maximum Gasteiger partial charge on any atom is 0.227 e. The Morgan fingerprint density at radius 2 is 1.74 bits per heavy atom. The van der Waals surface area contributed by atoms with Crippen LogP contribution in [0, 0.1) is 5.92 Å². The maximum atomic E-state index is 12.6. The molecule has 2 N–H and O–H groups in total. The SMILES string of the molecule is CCOc1ccc(N2C[C@@H](C(=O)NCc3ccc(CS(=O)(=O)NC)cc3)CC2=O)cc1. The molecule has 1 heterocycles. The van der Waals surface area contributed by atoms with Crippen molar-refractivity contribution in [1.82, 2.24) is 10.0 Å². The second-order valence-corrected chi connectivity index (χ2v) is 9.26. The number of anilines is 1. The van der Waals surface area contributed by atoms with Gasteiger partial charge in [0.25, 0.3) is 0 Å². The molecule has 166 valence electrons. The predicted octanol–water partition coefficient (Wildman–Crippen LogP) is 1.80. The molecule has 0 unspecified atom stereocenters. The Kier molecular flexibility index (Phi) is 7.29. The van der Waals surface area contributed by atoms with Crippen LogP contribution in [0.5, 0.6) is 5.75 Å². The summed E-state index contributed by atoms with van der Waals surface area (Å²) in [6, 6.07) is 14.3. The zero-order chi connectivity index (χ0) is 22.4. The summed E-state index contributed by atoms with van der Waals surface area (Å²) in [6.45, 7) is 3.12. The van der Waals surface area contributed by atoms with Crippen molar-refractivity contribution in [2.45, 2.75) is 25.6 Å². The summed E-state index contributed by atoms with van der Waals surface area (Å²) in [4.78, 5) is 26.6. The van der Waals surface area contributed by atoms with Gasteiger partial charge in [-0.2, -0.15) is 0 Å². The molecule has 0 radical (unpaired) electrons. The van der Waals surface area contributed by atoms with Gasteiger partial charge < -0.3 is 15.0 Å². The molecule has 1 fully saturated rings. The van der Waals surface area contributed by atoms with Gasteiger partial charge in [-0.25, -0.2) is 13.1 Å². The second kappa shape index (κ2) is 9.93. The molecule has 3 rings (SSSR count). The van der Waals surface area contributed by atoms with E-state index >= 15 is 0 Å². The van der Waals surface area contributed by atoms with Crippen molar-refractivity contribution >= 4 is 27.5 Å². The van der Waals surface area contributed by atoms with Gasteiger partial charge in [0.15, 0.2) is 0 Å². The number of hydrogen-bond acceptors (Lipinski definition) is 5. The Morgan fingerprint density at radius 1 is 1.10 bits per heavy atom. The van der Waals surface area contributed by atoms with Gasteiger partial charge in [-0.15, -0.1) is 0 Å². The highest BCUT2D eigenvalue weighted by molar-refractivity contribution is 7.88. The van der Waals surface area contributed by atoms with Crippen LogP contribution in [0.1, 0.15) is 24.5 Å². The average molecular weight is 446 g/mol. The zero-order valence-electron chi connectivity index (χ0n) is 17.6. The van der Waals surface area contributed by atoms with Gasteiger partial charge >= 0.3 is 0 Å². The second-order valence-electron chi connectivity index (χ2n) is 7.33. The summed E-state index contributed by atoms with van der Waals surface area (Å²) in [5.41, 5.74) is 2.26. The number of nitrogens with zero attached hydrogens (tertiary/aromatic N) is 1. The minimum absolute atomic E-state index is 0.0839. The van der Waals surface area contributed by atoms with Crippen LogP contribution in [-0.2, 0) is 31.9 Å². The van der Waals surface area contributed by atoms with E-state index in [1.165, 1.54) is 7.05 Å². The van der Waals surface area contributed by atoms with Gasteiger partial charge in [0, 0.05) is 25.2 Å². The normalized spacial score (nSPS) is 16.4. The van der Waals surface area contributed by atoms with E-state index in [0.29, 0.717) is 25.3 Å². The molecule has 2 amide bonds. The van der Waals surface area contributed by atoms with E-state index in [4.69, 9.17) is 4.74 Å². The number of carbonyl (C=O) groups is 2. The lowest BCUT2D eigenvalue weighted by Gasteiger charge is -2.17. The molecule has 2 aromatic carbocycles. The first-order valence-corrected chi connectivity index (χ1v) is 11.8. The Labute approximate surface area is 182 Å². The van der Waals surface area contributed by atoms with E-state index in [-0.39, 0.29) is 24.0 Å². The Morgan fingerprint density at radius 3 is 2.35 bits per heavy atom. The highest BCUT2D eigenvalue weighted by Crippen LogP contribution is 2.27. The number of nitrogens with one attached hydrogen (secondary N) is 2. The van der Waals surface area contributed by atoms with Crippen LogP contribution in [0.4, 0.5) is 5.69 Å². The fraction of sp³-hybridized carbons (Fsp3) is 0.364. The summed E-state index contributed by atoms with van der Waals surface area (Å²) in [6.07, 6.45) is 0.167. The number of ether oxygens (including phenoxy) is 1. The number of carbonyl (C=O) groups excluding carboxylic acids is 2. The first kappa shape index (κ1) is 22.8. The zero-order valence-corrected chi connectivity index (χ0v) is 18.4. The average Bonchev–Trinajstić information content (AvgIpc) is 3.15. The van der Waals surface area contributed by atoms with E-state index in [2.05, 4.69) is 10.0 Å². The third kappa shape index (κ3) is 6.05. The quantitative estimate of drug-likeness (QED) is 0.613. The highest BCUT2D eigenvalue weighted by atomic mass is 32.2. The number of sulfonamides is 1. The summed E-state index contributed by atoms with van der Waals surface area (Å²) in [5.74, 6) is -0.0364. The van der Waals surface area contributed by atoms with Gasteiger partial charge in [0.2, 0.25) is 21.8 Å². The van der Waals surface area contributed by atoms with Crippen LogP contribution in [0.2, 0.25) is 0 Å². The molecule has 0 aromatic heterocycles. The first-order chi connectivity index (χ1) is 14.8. The molecule has 0 aliphatic carbocycles. The molecule has 0 bridgehead atoms. The van der Waals surface area contributed by atoms with Crippen LogP contribution in [0.15, 0.2) is 48.5 Å². The molecular weight excluding hydrogens is 418 g/mol. The molecule has 2 aromatic rings. The largest absolute Gasteiger partial charge is 0.494 e. The molecule has 1 aliphatic heterocycles. The van der Waals surface area contributed by atoms with Crippen molar-refractivity contribution in [3.63, 3.8) is 0 Å². The Balaban J connectivity index is 1.53. The number of benzene rings is 2. The lowest BCUT2D eigenvalue weighted by atomic mass is 10.1. The summed E-state index contributed by atoms with van der Waals surface area (Å²) < 4.78 is 30.9. The predicted molar refractivity (Wildman–Crippen MR) is 118 cm³/mol. The molecule has 31 heavy (non-hydrogen) atoms. The van der Waals surface area contributed by atoms with Crippen LogP contribution in [0.3, 0.4) is 0 Å². The van der Waals surface area contributed by atoms with Crippen molar-refractivity contribution in [2.75, 3.05) is 25.1 Å². The van der Waals surface area contributed by atoms with Crippen LogP contribution in [-0.4, -0.2) is 40.4 Å². The van der Waals surface area contributed by atoms with Crippen molar-refractivity contribution in [3.05, 3.63) is 59.7 Å². The third-order valence-electron chi connectivity index (χ3n) is 5.11. The molecule has 1 saturated heterocycles. The lowest BCUT2D eigenvalue weighted by Crippen LogP contribution is -2.32. The van der Waals surface area contributed by atoms with Crippen LogP contribution >= 0.6 is 0 Å². The molecular formula is C22H27N3O5S. The number of rotatable bonds is 9. The van der Waals surface area contributed by atoms with Gasteiger partial charge in [0.1, 0.15) is 5.75 Å². The summed E-state index contributed by atoms with van der Waals surface area (Å²) in [7, 11) is -1.95. The molecule has 9 heteroatoms. The minimum Gasteiger partial charge on any atom is -0.494 e. The topological polar surface area (TPSA) is 105 Å². The standard InChI is InChI=1S/C22H27N3O5S/c1-3-30-20-10-8-19(9-11-20)25-14-18(12-21(25)26)22(27)24-13-16-4-6-17(7-5-16)15-31(28,29)23-2/h4-11,18,23H,3,12-15H2,1-2H3,(H,24,27)/t18-/m0/s1. The minimum atomic E-state index is -3.32. The number of hydrogen-bond donors (Lipinski definition) is 2. The van der Waals surface area contributed by atoms with E-state index in [9.17, 15) is 18.0 Å². The van der Waals surface area contributed by atoms with E-state index in [1.54, 1.807) is 29.2 Å². The highest BCUT2D eigenvalue weighted by Gasteiger charge is 2.35. The van der Waals surface area contributed by atoms with Crippen LogP contribution in [0.25, 0.3) is 0 Å². The molecule has 8 nitrogen and oxygen atoms in total. The fourth-order valence-electron chi connectivity index (χ4n) is 3.40. The van der Waals surface area contributed by atoms with Gasteiger partial charge in [-0.05, 0) is 49.4 Å².